The summed E-state index contributed by atoms with van der Waals surface area (Å²) in [5.41, 5.74) is 0.574. The summed E-state index contributed by atoms with van der Waals surface area (Å²) in [6.07, 6.45) is 1.29. The number of carbonyl (C=O) groups is 2. The van der Waals surface area contributed by atoms with Gasteiger partial charge in [-0.1, -0.05) is 13.8 Å². The number of oxazole rings is 1. The summed E-state index contributed by atoms with van der Waals surface area (Å²) in [5.74, 6) is -2.93. The number of hydrogen-bond acceptors (Lipinski definition) is 4. The van der Waals surface area contributed by atoms with Crippen LogP contribution in [0.3, 0.4) is 0 Å². The maximum atomic E-state index is 10.8. The second kappa shape index (κ2) is 3.38. The van der Waals surface area contributed by atoms with Crippen molar-refractivity contribution < 1.29 is 19.1 Å². The fourth-order valence-electron chi connectivity index (χ4n) is 0.747. The van der Waals surface area contributed by atoms with Crippen LogP contribution in [0.4, 0.5) is 0 Å². The molecule has 0 aliphatic carbocycles. The van der Waals surface area contributed by atoms with E-state index in [1.54, 1.807) is 0 Å². The molecule has 13 heavy (non-hydrogen) atoms. The Hall–Kier alpha value is -1.65. The van der Waals surface area contributed by atoms with Crippen molar-refractivity contribution in [2.24, 2.45) is 0 Å². The van der Waals surface area contributed by atoms with Crippen LogP contribution in [0.2, 0.25) is 0 Å². The van der Waals surface area contributed by atoms with E-state index in [0.717, 1.165) is 0 Å². The van der Waals surface area contributed by atoms with Crippen molar-refractivity contribution in [2.45, 2.75) is 19.8 Å². The normalized spacial score (nSPS) is 10.4. The van der Waals surface area contributed by atoms with Gasteiger partial charge in [-0.3, -0.25) is 4.79 Å². The van der Waals surface area contributed by atoms with Gasteiger partial charge < -0.3 is 9.52 Å². The molecule has 5 heteroatoms. The van der Waals surface area contributed by atoms with Crippen LogP contribution in [0.15, 0.2) is 10.7 Å². The van der Waals surface area contributed by atoms with Crippen LogP contribution in [0.5, 0.6) is 0 Å². The van der Waals surface area contributed by atoms with Gasteiger partial charge in [0.25, 0.3) is 5.89 Å². The summed E-state index contributed by atoms with van der Waals surface area (Å²) < 4.78 is 4.71. The van der Waals surface area contributed by atoms with Gasteiger partial charge in [0.1, 0.15) is 6.26 Å². The van der Waals surface area contributed by atoms with E-state index in [-0.39, 0.29) is 11.8 Å². The fourth-order valence-corrected chi connectivity index (χ4v) is 0.747. The Morgan fingerprint density at radius 1 is 1.54 bits per heavy atom. The molecule has 1 aromatic rings. The van der Waals surface area contributed by atoms with Crippen molar-refractivity contribution in [3.63, 3.8) is 0 Å². The number of rotatable bonds is 3. The third-order valence-electron chi connectivity index (χ3n) is 1.50. The molecule has 0 spiro atoms. The summed E-state index contributed by atoms with van der Waals surface area (Å²) >= 11 is 0. The Morgan fingerprint density at radius 3 is 2.54 bits per heavy atom. The van der Waals surface area contributed by atoms with Crippen LogP contribution in [-0.4, -0.2) is 21.8 Å². The lowest BCUT2D eigenvalue weighted by molar-refractivity contribution is -0.132. The van der Waals surface area contributed by atoms with Crippen molar-refractivity contribution in [3.05, 3.63) is 17.8 Å². The number of Topliss-reactive ketones (excluding diaryl/α,β-unsaturated/α-hetero) is 1. The number of carboxylic acid groups (broad SMARTS) is 1. The standard InChI is InChI=1S/C8H9NO4/c1-4(2)5-3-13-7(9-5)6(10)8(11)12/h3-4H,1-2H3,(H,11,12). The van der Waals surface area contributed by atoms with Crippen molar-refractivity contribution >= 4 is 11.8 Å². The van der Waals surface area contributed by atoms with E-state index in [0.29, 0.717) is 5.69 Å². The molecule has 0 atom stereocenters. The predicted molar refractivity (Wildman–Crippen MR) is 42.6 cm³/mol. The minimum Gasteiger partial charge on any atom is -0.475 e. The maximum absolute atomic E-state index is 10.8. The van der Waals surface area contributed by atoms with Crippen LogP contribution in [0, 0.1) is 0 Å². The number of hydrogen-bond donors (Lipinski definition) is 1. The second-order valence-electron chi connectivity index (χ2n) is 2.87. The molecule has 0 radical (unpaired) electrons. The number of carbonyl (C=O) groups excluding carboxylic acids is 1. The van der Waals surface area contributed by atoms with Crippen molar-refractivity contribution in [2.75, 3.05) is 0 Å². The Labute approximate surface area is 74.4 Å². The van der Waals surface area contributed by atoms with Gasteiger partial charge in [-0.05, 0) is 5.92 Å². The van der Waals surface area contributed by atoms with E-state index in [9.17, 15) is 9.59 Å². The largest absolute Gasteiger partial charge is 0.475 e. The minimum absolute atomic E-state index is 0.110. The van der Waals surface area contributed by atoms with Gasteiger partial charge in [-0.25, -0.2) is 9.78 Å². The summed E-state index contributed by atoms with van der Waals surface area (Å²) in [6.45, 7) is 3.74. The fraction of sp³-hybridized carbons (Fsp3) is 0.375. The summed E-state index contributed by atoms with van der Waals surface area (Å²) in [4.78, 5) is 24.8. The molecule has 1 N–H and O–H groups in total. The molecule has 0 aliphatic rings. The predicted octanol–water partition coefficient (Wildman–Crippen LogP) is 1.07. The van der Waals surface area contributed by atoms with Gasteiger partial charge in [-0.2, -0.15) is 0 Å². The topological polar surface area (TPSA) is 80.4 Å². The SMILES string of the molecule is CC(C)c1coc(C(=O)C(=O)O)n1. The summed E-state index contributed by atoms with van der Waals surface area (Å²) in [7, 11) is 0. The van der Waals surface area contributed by atoms with Gasteiger partial charge in [-0.15, -0.1) is 0 Å². The molecule has 0 bridgehead atoms. The van der Waals surface area contributed by atoms with Gasteiger partial charge >= 0.3 is 11.8 Å². The quantitative estimate of drug-likeness (QED) is 0.559. The highest BCUT2D eigenvalue weighted by atomic mass is 16.4. The Kier molecular flexibility index (Phi) is 2.46. The zero-order chi connectivity index (χ0) is 10.0. The maximum Gasteiger partial charge on any atom is 0.382 e. The first-order valence-corrected chi connectivity index (χ1v) is 3.75. The molecule has 0 unspecified atom stereocenters. The zero-order valence-electron chi connectivity index (χ0n) is 7.27. The third kappa shape index (κ3) is 1.93. The molecule has 70 valence electrons. The molecular weight excluding hydrogens is 174 g/mol. The molecule has 0 aliphatic heterocycles. The van der Waals surface area contributed by atoms with Crippen LogP contribution >= 0.6 is 0 Å². The number of aromatic nitrogens is 1. The van der Waals surface area contributed by atoms with Gasteiger partial charge in [0.05, 0.1) is 5.69 Å². The lowest BCUT2D eigenvalue weighted by atomic mass is 10.2. The molecule has 0 saturated carbocycles. The molecule has 0 aromatic carbocycles. The van der Waals surface area contributed by atoms with Crippen molar-refractivity contribution in [1.82, 2.24) is 4.98 Å². The highest BCUT2D eigenvalue weighted by molar-refractivity contribution is 6.38. The first kappa shape index (κ1) is 9.44. The van der Waals surface area contributed by atoms with E-state index < -0.39 is 11.8 Å². The van der Waals surface area contributed by atoms with Crippen LogP contribution < -0.4 is 0 Å². The van der Waals surface area contributed by atoms with Crippen molar-refractivity contribution in [3.8, 4) is 0 Å². The number of ketones is 1. The Morgan fingerprint density at radius 2 is 2.15 bits per heavy atom. The van der Waals surface area contributed by atoms with E-state index in [1.165, 1.54) is 6.26 Å². The van der Waals surface area contributed by atoms with E-state index in [4.69, 9.17) is 9.52 Å². The molecule has 0 fully saturated rings. The van der Waals surface area contributed by atoms with Gasteiger partial charge in [0.2, 0.25) is 0 Å². The number of aliphatic carboxylic acids is 1. The van der Waals surface area contributed by atoms with Crippen LogP contribution in [-0.2, 0) is 4.79 Å². The summed E-state index contributed by atoms with van der Waals surface area (Å²) in [6, 6.07) is 0. The van der Waals surface area contributed by atoms with Gasteiger partial charge in [0.15, 0.2) is 0 Å². The van der Waals surface area contributed by atoms with Crippen molar-refractivity contribution in [1.29, 1.82) is 0 Å². The summed E-state index contributed by atoms with van der Waals surface area (Å²) in [5, 5.41) is 8.33. The molecule has 0 saturated heterocycles. The lowest BCUT2D eigenvalue weighted by Gasteiger charge is -1.93. The highest BCUT2D eigenvalue weighted by Crippen LogP contribution is 2.13. The molecule has 1 rings (SSSR count). The van der Waals surface area contributed by atoms with Crippen LogP contribution in [0.25, 0.3) is 0 Å². The molecule has 1 aromatic heterocycles. The Balaban J connectivity index is 2.92. The lowest BCUT2D eigenvalue weighted by Crippen LogP contribution is -2.13. The number of nitrogens with zero attached hydrogens (tertiary/aromatic N) is 1. The average molecular weight is 183 g/mol. The van der Waals surface area contributed by atoms with E-state index in [1.807, 2.05) is 13.8 Å². The first-order valence-electron chi connectivity index (χ1n) is 3.75. The molecular formula is C8H9NO4. The van der Waals surface area contributed by atoms with Gasteiger partial charge in [0, 0.05) is 0 Å². The molecule has 0 amide bonds. The number of carboxylic acids is 1. The van der Waals surface area contributed by atoms with E-state index >= 15 is 0 Å². The Bertz CT molecular complexity index is 340. The smallest absolute Gasteiger partial charge is 0.382 e. The monoisotopic (exact) mass is 183 g/mol. The molecule has 1 heterocycles. The van der Waals surface area contributed by atoms with E-state index in [2.05, 4.69) is 4.98 Å². The second-order valence-corrected chi connectivity index (χ2v) is 2.87. The van der Waals surface area contributed by atoms with Crippen LogP contribution in [0.1, 0.15) is 36.1 Å². The third-order valence-corrected chi connectivity index (χ3v) is 1.50. The zero-order valence-corrected chi connectivity index (χ0v) is 7.27. The first-order chi connectivity index (χ1) is 6.02. The average Bonchev–Trinajstić information content (AvgIpc) is 2.50. The highest BCUT2D eigenvalue weighted by Gasteiger charge is 2.21. The minimum atomic E-state index is -1.56. The molecule has 5 nitrogen and oxygen atoms in total.